The third-order valence-electron chi connectivity index (χ3n) is 3.26. The van der Waals surface area contributed by atoms with Crippen LogP contribution in [0.25, 0.3) is 10.9 Å². The highest BCUT2D eigenvalue weighted by Crippen LogP contribution is 2.21. The highest BCUT2D eigenvalue weighted by Gasteiger charge is 2.14. The van der Waals surface area contributed by atoms with Gasteiger partial charge in [-0.3, -0.25) is 9.89 Å². The van der Waals surface area contributed by atoms with Crippen molar-refractivity contribution in [3.05, 3.63) is 64.3 Å². The Balaban J connectivity index is 1.79. The number of amides is 1. The van der Waals surface area contributed by atoms with Crippen LogP contribution in [0, 0.1) is 11.6 Å². The van der Waals surface area contributed by atoms with Crippen LogP contribution in [0.4, 0.5) is 8.78 Å². The van der Waals surface area contributed by atoms with Gasteiger partial charge in [0, 0.05) is 17.5 Å². The zero-order chi connectivity index (χ0) is 15.7. The summed E-state index contributed by atoms with van der Waals surface area (Å²) in [5.74, 6) is -2.53. The van der Waals surface area contributed by atoms with Crippen molar-refractivity contribution in [1.29, 1.82) is 0 Å². The number of carbonyl (C=O) groups excluding carboxylic acids is 1. The first-order chi connectivity index (χ1) is 10.6. The Morgan fingerprint density at radius 3 is 2.73 bits per heavy atom. The minimum absolute atomic E-state index is 0.126. The molecule has 0 saturated heterocycles. The molecule has 0 saturated carbocycles. The lowest BCUT2D eigenvalue weighted by Crippen LogP contribution is -2.23. The van der Waals surface area contributed by atoms with Crippen LogP contribution in [0.1, 0.15) is 15.9 Å². The van der Waals surface area contributed by atoms with E-state index in [1.807, 2.05) is 18.2 Å². The van der Waals surface area contributed by atoms with E-state index in [0.717, 1.165) is 28.6 Å². The van der Waals surface area contributed by atoms with E-state index in [4.69, 9.17) is 11.6 Å². The standard InChI is InChI=1S/C15H10ClF2N3O/c16-14-11(17)4-9(5-12(14)18)15(22)19-6-8-2-1-3-13-10(8)7-20-21-13/h1-5,7H,6H2,(H,19,22)(H,20,21). The van der Waals surface area contributed by atoms with Crippen molar-refractivity contribution < 1.29 is 13.6 Å². The molecule has 1 amide bonds. The van der Waals surface area contributed by atoms with Crippen LogP contribution in [0.5, 0.6) is 0 Å². The van der Waals surface area contributed by atoms with E-state index in [-0.39, 0.29) is 12.1 Å². The van der Waals surface area contributed by atoms with Gasteiger partial charge < -0.3 is 5.32 Å². The van der Waals surface area contributed by atoms with Crippen LogP contribution >= 0.6 is 11.6 Å². The first-order valence-electron chi connectivity index (χ1n) is 6.40. The number of hydrogen-bond donors (Lipinski definition) is 2. The monoisotopic (exact) mass is 321 g/mol. The fourth-order valence-electron chi connectivity index (χ4n) is 2.15. The van der Waals surface area contributed by atoms with Crippen molar-refractivity contribution in [2.45, 2.75) is 6.54 Å². The van der Waals surface area contributed by atoms with E-state index in [1.54, 1.807) is 6.20 Å². The Labute approximate surface area is 129 Å². The lowest BCUT2D eigenvalue weighted by molar-refractivity contribution is 0.0950. The Bertz CT molecular complexity index is 840. The molecule has 1 heterocycles. The van der Waals surface area contributed by atoms with Gasteiger partial charge in [0.15, 0.2) is 0 Å². The maximum absolute atomic E-state index is 13.4. The molecular weight excluding hydrogens is 312 g/mol. The molecule has 0 spiro atoms. The molecule has 7 heteroatoms. The third kappa shape index (κ3) is 2.65. The Hall–Kier alpha value is -2.47. The van der Waals surface area contributed by atoms with Crippen LogP contribution in [0.15, 0.2) is 36.5 Å². The second-order valence-electron chi connectivity index (χ2n) is 4.68. The first-order valence-corrected chi connectivity index (χ1v) is 6.78. The number of rotatable bonds is 3. The van der Waals surface area contributed by atoms with E-state index in [9.17, 15) is 13.6 Å². The van der Waals surface area contributed by atoms with Gasteiger partial charge >= 0.3 is 0 Å². The third-order valence-corrected chi connectivity index (χ3v) is 3.62. The Morgan fingerprint density at radius 2 is 2.00 bits per heavy atom. The number of hydrogen-bond acceptors (Lipinski definition) is 2. The zero-order valence-corrected chi connectivity index (χ0v) is 11.9. The van der Waals surface area contributed by atoms with Gasteiger partial charge in [0.1, 0.15) is 16.7 Å². The Morgan fingerprint density at radius 1 is 1.27 bits per heavy atom. The second-order valence-corrected chi connectivity index (χ2v) is 5.06. The van der Waals surface area contributed by atoms with E-state index in [1.165, 1.54) is 0 Å². The molecule has 0 unspecified atom stereocenters. The number of aromatic amines is 1. The smallest absolute Gasteiger partial charge is 0.251 e. The molecular formula is C15H10ClF2N3O. The fourth-order valence-corrected chi connectivity index (χ4v) is 2.26. The maximum atomic E-state index is 13.4. The average Bonchev–Trinajstić information content (AvgIpc) is 2.98. The number of aromatic nitrogens is 2. The average molecular weight is 322 g/mol. The SMILES string of the molecule is O=C(NCc1cccc2[nH]ncc12)c1cc(F)c(Cl)c(F)c1. The van der Waals surface area contributed by atoms with Gasteiger partial charge in [-0.15, -0.1) is 0 Å². The second kappa shape index (κ2) is 5.73. The largest absolute Gasteiger partial charge is 0.348 e. The van der Waals surface area contributed by atoms with Gasteiger partial charge in [0.25, 0.3) is 5.91 Å². The van der Waals surface area contributed by atoms with Crippen LogP contribution in [0.3, 0.4) is 0 Å². The van der Waals surface area contributed by atoms with Crippen LogP contribution in [-0.2, 0) is 6.54 Å². The molecule has 3 aromatic rings. The molecule has 0 aliphatic heterocycles. The number of fused-ring (bicyclic) bond motifs is 1. The summed E-state index contributed by atoms with van der Waals surface area (Å²) in [6.07, 6.45) is 1.65. The molecule has 1 aromatic heterocycles. The minimum atomic E-state index is -0.969. The lowest BCUT2D eigenvalue weighted by Gasteiger charge is -2.07. The van der Waals surface area contributed by atoms with Crippen molar-refractivity contribution in [3.63, 3.8) is 0 Å². The van der Waals surface area contributed by atoms with Crippen LogP contribution in [-0.4, -0.2) is 16.1 Å². The van der Waals surface area contributed by atoms with Crippen molar-refractivity contribution in [3.8, 4) is 0 Å². The van der Waals surface area contributed by atoms with E-state index >= 15 is 0 Å². The molecule has 0 bridgehead atoms. The van der Waals surface area contributed by atoms with E-state index in [0.29, 0.717) is 0 Å². The fraction of sp³-hybridized carbons (Fsp3) is 0.0667. The van der Waals surface area contributed by atoms with Crippen molar-refractivity contribution >= 4 is 28.4 Å². The molecule has 112 valence electrons. The number of benzene rings is 2. The van der Waals surface area contributed by atoms with Crippen molar-refractivity contribution in [2.24, 2.45) is 0 Å². The van der Waals surface area contributed by atoms with Crippen LogP contribution in [0.2, 0.25) is 5.02 Å². The highest BCUT2D eigenvalue weighted by molar-refractivity contribution is 6.31. The quantitative estimate of drug-likeness (QED) is 0.726. The number of H-pyrrole nitrogens is 1. The maximum Gasteiger partial charge on any atom is 0.251 e. The lowest BCUT2D eigenvalue weighted by atomic mass is 10.1. The first kappa shape index (κ1) is 14.5. The summed E-state index contributed by atoms with van der Waals surface area (Å²) >= 11 is 5.39. The number of halogens is 3. The predicted octanol–water partition coefficient (Wildman–Crippen LogP) is 3.42. The van der Waals surface area contributed by atoms with Crippen LogP contribution < -0.4 is 5.32 Å². The summed E-state index contributed by atoms with van der Waals surface area (Å²) in [5.41, 5.74) is 1.56. The molecule has 2 N–H and O–H groups in total. The van der Waals surface area contributed by atoms with E-state index < -0.39 is 22.6 Å². The number of nitrogens with zero attached hydrogens (tertiary/aromatic N) is 1. The molecule has 4 nitrogen and oxygen atoms in total. The molecule has 0 aliphatic carbocycles. The molecule has 2 aromatic carbocycles. The topological polar surface area (TPSA) is 57.8 Å². The zero-order valence-electron chi connectivity index (χ0n) is 11.2. The van der Waals surface area contributed by atoms with Crippen molar-refractivity contribution in [2.75, 3.05) is 0 Å². The molecule has 0 fully saturated rings. The van der Waals surface area contributed by atoms with Gasteiger partial charge in [-0.1, -0.05) is 23.7 Å². The summed E-state index contributed by atoms with van der Waals surface area (Å²) in [6.45, 7) is 0.210. The summed E-state index contributed by atoms with van der Waals surface area (Å²) in [5, 5.41) is 9.61. The van der Waals surface area contributed by atoms with Gasteiger partial charge in [-0.05, 0) is 23.8 Å². The van der Waals surface area contributed by atoms with Gasteiger partial charge in [0.2, 0.25) is 0 Å². The number of carbonyl (C=O) groups is 1. The molecule has 3 rings (SSSR count). The Kier molecular flexibility index (Phi) is 3.77. The number of nitrogens with one attached hydrogen (secondary N) is 2. The highest BCUT2D eigenvalue weighted by atomic mass is 35.5. The van der Waals surface area contributed by atoms with Gasteiger partial charge in [0.05, 0.1) is 11.7 Å². The minimum Gasteiger partial charge on any atom is -0.348 e. The molecule has 22 heavy (non-hydrogen) atoms. The summed E-state index contributed by atoms with van der Waals surface area (Å²) in [4.78, 5) is 12.0. The summed E-state index contributed by atoms with van der Waals surface area (Å²) < 4.78 is 26.7. The normalized spacial score (nSPS) is 10.9. The molecule has 0 radical (unpaired) electrons. The predicted molar refractivity (Wildman–Crippen MR) is 78.6 cm³/mol. The van der Waals surface area contributed by atoms with Gasteiger partial charge in [-0.25, -0.2) is 8.78 Å². The van der Waals surface area contributed by atoms with E-state index in [2.05, 4.69) is 15.5 Å². The summed E-state index contributed by atoms with van der Waals surface area (Å²) in [7, 11) is 0. The van der Waals surface area contributed by atoms with Crippen molar-refractivity contribution in [1.82, 2.24) is 15.5 Å². The molecule has 0 aliphatic rings. The summed E-state index contributed by atoms with van der Waals surface area (Å²) in [6, 6.07) is 7.32. The van der Waals surface area contributed by atoms with Gasteiger partial charge in [-0.2, -0.15) is 5.10 Å². The molecule has 0 atom stereocenters.